The van der Waals surface area contributed by atoms with Gasteiger partial charge in [0.2, 0.25) is 5.91 Å². The quantitative estimate of drug-likeness (QED) is 0.803. The Morgan fingerprint density at radius 1 is 1.19 bits per heavy atom. The predicted molar refractivity (Wildman–Crippen MR) is 106 cm³/mol. The number of imide groups is 1. The number of nitrogens with zero attached hydrogens (tertiary/aromatic N) is 1. The van der Waals surface area contributed by atoms with E-state index in [9.17, 15) is 9.59 Å². The zero-order chi connectivity index (χ0) is 19.1. The number of H-pyrrole nitrogens is 1. The first-order chi connectivity index (χ1) is 12.2. The summed E-state index contributed by atoms with van der Waals surface area (Å²) in [6.07, 6.45) is 2.96. The third-order valence-electron chi connectivity index (χ3n) is 4.69. The number of benzene rings is 1. The van der Waals surface area contributed by atoms with Gasteiger partial charge in [-0.25, -0.2) is 4.90 Å². The fourth-order valence-corrected chi connectivity index (χ4v) is 3.27. The number of aromatic amines is 1. The van der Waals surface area contributed by atoms with Crippen molar-refractivity contribution in [3.8, 4) is 0 Å². The van der Waals surface area contributed by atoms with Gasteiger partial charge < -0.3 is 4.98 Å². The summed E-state index contributed by atoms with van der Waals surface area (Å²) in [7, 11) is 0. The first kappa shape index (κ1) is 18.2. The molecule has 0 unspecified atom stereocenters. The number of fused-ring (bicyclic) bond motifs is 1. The number of carbonyl (C=O) groups is 2. The highest BCUT2D eigenvalue weighted by atomic mass is 16.2. The van der Waals surface area contributed by atoms with Crippen LogP contribution in [-0.4, -0.2) is 16.8 Å². The molecule has 0 spiro atoms. The molecule has 26 heavy (non-hydrogen) atoms. The molecule has 0 radical (unpaired) electrons. The van der Waals surface area contributed by atoms with E-state index < -0.39 is 0 Å². The summed E-state index contributed by atoms with van der Waals surface area (Å²) in [6, 6.07) is 9.56. The molecule has 136 valence electrons. The van der Waals surface area contributed by atoms with Crippen LogP contribution in [0.4, 0.5) is 5.69 Å². The van der Waals surface area contributed by atoms with Crippen molar-refractivity contribution in [1.29, 1.82) is 0 Å². The lowest BCUT2D eigenvalue weighted by atomic mass is 9.90. The van der Waals surface area contributed by atoms with Crippen molar-refractivity contribution in [1.82, 2.24) is 4.98 Å². The fourth-order valence-electron chi connectivity index (χ4n) is 3.27. The molecule has 0 saturated carbocycles. The summed E-state index contributed by atoms with van der Waals surface area (Å²) < 4.78 is 0. The molecule has 3 rings (SSSR count). The number of aryl methyl sites for hydroxylation is 2. The number of para-hydroxylation sites is 1. The number of hydrogen-bond acceptors (Lipinski definition) is 2. The molecule has 0 atom stereocenters. The minimum absolute atomic E-state index is 0.0511. The monoisotopic (exact) mass is 350 g/mol. The van der Waals surface area contributed by atoms with E-state index in [0.29, 0.717) is 17.7 Å². The fraction of sp³-hybridized carbons (Fsp3) is 0.364. The molecule has 1 aromatic carbocycles. The maximum Gasteiger partial charge on any atom is 0.265 e. The molecule has 4 nitrogen and oxygen atoms in total. The molecular formula is C22H26N2O2. The highest BCUT2D eigenvalue weighted by molar-refractivity contribution is 6.42. The molecule has 4 heteroatoms. The summed E-state index contributed by atoms with van der Waals surface area (Å²) >= 11 is 0. The van der Waals surface area contributed by atoms with Gasteiger partial charge in [0.15, 0.2) is 0 Å². The summed E-state index contributed by atoms with van der Waals surface area (Å²) in [5, 5.41) is 0. The molecule has 2 amide bonds. The van der Waals surface area contributed by atoms with Crippen molar-refractivity contribution < 1.29 is 9.59 Å². The van der Waals surface area contributed by atoms with E-state index in [0.717, 1.165) is 28.9 Å². The molecule has 0 saturated heterocycles. The van der Waals surface area contributed by atoms with Crippen LogP contribution in [0.2, 0.25) is 0 Å². The summed E-state index contributed by atoms with van der Waals surface area (Å²) in [6.45, 7) is 10.3. The van der Waals surface area contributed by atoms with Crippen molar-refractivity contribution >= 4 is 29.2 Å². The highest BCUT2D eigenvalue weighted by Gasteiger charge is 2.36. The topological polar surface area (TPSA) is 53.2 Å². The SMILES string of the molecule is Cc1cc(C)c(/C=C2\C(=O)N(C(=O)CCC(C)(C)C)c3ccccc32)[nH]1. The van der Waals surface area contributed by atoms with Crippen molar-refractivity contribution in [3.05, 3.63) is 52.8 Å². The van der Waals surface area contributed by atoms with E-state index >= 15 is 0 Å². The number of hydrogen-bond donors (Lipinski definition) is 1. The van der Waals surface area contributed by atoms with Crippen LogP contribution in [0.15, 0.2) is 30.3 Å². The van der Waals surface area contributed by atoms with Crippen LogP contribution in [0.3, 0.4) is 0 Å². The number of carbonyl (C=O) groups excluding carboxylic acids is 2. The average Bonchev–Trinajstić information content (AvgIpc) is 3.02. The third-order valence-corrected chi connectivity index (χ3v) is 4.69. The molecule has 1 aliphatic rings. The van der Waals surface area contributed by atoms with E-state index in [1.165, 1.54) is 4.90 Å². The lowest BCUT2D eigenvalue weighted by Crippen LogP contribution is -2.33. The normalized spacial score (nSPS) is 15.7. The van der Waals surface area contributed by atoms with Crippen molar-refractivity contribution in [2.45, 2.75) is 47.5 Å². The standard InChI is InChI=1S/C22H26N2O2/c1-14-12-15(2)23-18(14)13-17-16-8-6-7-9-19(16)24(21(17)26)20(25)10-11-22(3,4)5/h6-9,12-13,23H,10-11H2,1-5H3/b17-13-. The summed E-state index contributed by atoms with van der Waals surface area (Å²) in [5.74, 6) is -0.378. The molecule has 0 bridgehead atoms. The molecule has 2 aromatic rings. The van der Waals surface area contributed by atoms with Gasteiger partial charge in [0, 0.05) is 23.4 Å². The van der Waals surface area contributed by atoms with Gasteiger partial charge >= 0.3 is 0 Å². The van der Waals surface area contributed by atoms with Crippen LogP contribution in [0.1, 0.15) is 56.1 Å². The van der Waals surface area contributed by atoms with Crippen molar-refractivity contribution in [3.63, 3.8) is 0 Å². The zero-order valence-corrected chi connectivity index (χ0v) is 16.1. The van der Waals surface area contributed by atoms with Gasteiger partial charge in [-0.15, -0.1) is 0 Å². The zero-order valence-electron chi connectivity index (χ0n) is 16.1. The smallest absolute Gasteiger partial charge is 0.265 e. The third kappa shape index (κ3) is 3.50. The van der Waals surface area contributed by atoms with Crippen LogP contribution >= 0.6 is 0 Å². The maximum absolute atomic E-state index is 13.1. The van der Waals surface area contributed by atoms with E-state index in [1.807, 2.05) is 50.3 Å². The van der Waals surface area contributed by atoms with Gasteiger partial charge in [0.25, 0.3) is 5.91 Å². The first-order valence-electron chi connectivity index (χ1n) is 9.02. The van der Waals surface area contributed by atoms with Gasteiger partial charge in [-0.05, 0) is 49.5 Å². The number of rotatable bonds is 3. The van der Waals surface area contributed by atoms with Crippen LogP contribution in [0.5, 0.6) is 0 Å². The number of aromatic nitrogens is 1. The average molecular weight is 350 g/mol. The molecule has 2 heterocycles. The molecule has 0 fully saturated rings. The van der Waals surface area contributed by atoms with Crippen LogP contribution in [-0.2, 0) is 9.59 Å². The maximum atomic E-state index is 13.1. The largest absolute Gasteiger partial charge is 0.359 e. The Morgan fingerprint density at radius 2 is 1.88 bits per heavy atom. The van der Waals surface area contributed by atoms with Gasteiger partial charge in [0.1, 0.15) is 0 Å². The van der Waals surface area contributed by atoms with Crippen LogP contribution < -0.4 is 4.90 Å². The molecule has 0 aliphatic carbocycles. The highest BCUT2D eigenvalue weighted by Crippen LogP contribution is 2.38. The van der Waals surface area contributed by atoms with E-state index in [1.54, 1.807) is 0 Å². The Labute approximate surface area is 154 Å². The van der Waals surface area contributed by atoms with Crippen molar-refractivity contribution in [2.24, 2.45) is 5.41 Å². The summed E-state index contributed by atoms with van der Waals surface area (Å²) in [4.78, 5) is 30.5. The second-order valence-electron chi connectivity index (χ2n) is 8.22. The number of anilines is 1. The van der Waals surface area contributed by atoms with Gasteiger partial charge in [-0.1, -0.05) is 39.0 Å². The Morgan fingerprint density at radius 3 is 2.50 bits per heavy atom. The Balaban J connectivity index is 1.98. The summed E-state index contributed by atoms with van der Waals surface area (Å²) in [5.41, 5.74) is 5.15. The molecular weight excluding hydrogens is 324 g/mol. The van der Waals surface area contributed by atoms with E-state index in [4.69, 9.17) is 0 Å². The minimum atomic E-state index is -0.239. The lowest BCUT2D eigenvalue weighted by Gasteiger charge is -2.20. The van der Waals surface area contributed by atoms with E-state index in [-0.39, 0.29) is 17.2 Å². The number of amides is 2. The van der Waals surface area contributed by atoms with Gasteiger partial charge in [0.05, 0.1) is 11.3 Å². The second kappa shape index (κ2) is 6.60. The number of nitrogens with one attached hydrogen (secondary N) is 1. The minimum Gasteiger partial charge on any atom is -0.359 e. The Kier molecular flexibility index (Phi) is 4.61. The molecule has 1 aromatic heterocycles. The van der Waals surface area contributed by atoms with E-state index in [2.05, 4.69) is 25.8 Å². The molecule has 1 aliphatic heterocycles. The lowest BCUT2D eigenvalue weighted by molar-refractivity contribution is -0.124. The van der Waals surface area contributed by atoms with Crippen LogP contribution in [0.25, 0.3) is 11.6 Å². The predicted octanol–water partition coefficient (Wildman–Crippen LogP) is 4.87. The Bertz CT molecular complexity index is 897. The first-order valence-corrected chi connectivity index (χ1v) is 9.02. The van der Waals surface area contributed by atoms with Crippen LogP contribution in [0, 0.1) is 19.3 Å². The Hall–Kier alpha value is -2.62. The second-order valence-corrected chi connectivity index (χ2v) is 8.22. The van der Waals surface area contributed by atoms with Gasteiger partial charge in [-0.3, -0.25) is 9.59 Å². The van der Waals surface area contributed by atoms with Gasteiger partial charge in [-0.2, -0.15) is 0 Å². The molecule has 1 N–H and O–H groups in total. The van der Waals surface area contributed by atoms with Crippen molar-refractivity contribution in [2.75, 3.05) is 4.90 Å².